The van der Waals surface area contributed by atoms with Gasteiger partial charge in [0.05, 0.1) is 11.1 Å². The predicted molar refractivity (Wildman–Crippen MR) is 91.3 cm³/mol. The zero-order valence-electron chi connectivity index (χ0n) is 13.4. The highest BCUT2D eigenvalue weighted by Gasteiger charge is 2.32. The van der Waals surface area contributed by atoms with Crippen LogP contribution in [0.1, 0.15) is 23.5 Å². The Hall–Kier alpha value is -2.12. The van der Waals surface area contributed by atoms with E-state index in [1.165, 1.54) is 4.57 Å². The predicted octanol–water partition coefficient (Wildman–Crippen LogP) is 4.91. The van der Waals surface area contributed by atoms with Gasteiger partial charge in [-0.3, -0.25) is 4.57 Å². The van der Waals surface area contributed by atoms with Crippen molar-refractivity contribution in [1.82, 2.24) is 14.9 Å². The van der Waals surface area contributed by atoms with Crippen LogP contribution in [0.3, 0.4) is 0 Å². The summed E-state index contributed by atoms with van der Waals surface area (Å²) in [4.78, 5) is 3.89. The molecule has 0 saturated carbocycles. The monoisotopic (exact) mass is 383 g/mol. The van der Waals surface area contributed by atoms with Crippen molar-refractivity contribution in [3.05, 3.63) is 58.6 Å². The fourth-order valence-corrected chi connectivity index (χ4v) is 3.62. The van der Waals surface area contributed by atoms with Crippen molar-refractivity contribution in [3.8, 4) is 5.69 Å². The van der Waals surface area contributed by atoms with Crippen LogP contribution in [0.25, 0.3) is 16.7 Å². The molecule has 0 bridgehead atoms. The maximum absolute atomic E-state index is 14.1. The summed E-state index contributed by atoms with van der Waals surface area (Å²) in [5.41, 5.74) is 0.394. The van der Waals surface area contributed by atoms with E-state index in [1.807, 2.05) is 12.1 Å². The minimum Gasteiger partial charge on any atom is -0.316 e. The topological polar surface area (TPSA) is 29.9 Å². The van der Waals surface area contributed by atoms with Gasteiger partial charge in [-0.1, -0.05) is 12.1 Å². The number of imidazole rings is 1. The van der Waals surface area contributed by atoms with Crippen molar-refractivity contribution in [3.63, 3.8) is 0 Å². The second-order valence-corrected chi connectivity index (χ2v) is 6.66. The molecule has 1 aliphatic rings. The molecule has 26 heavy (non-hydrogen) atoms. The van der Waals surface area contributed by atoms with Gasteiger partial charge < -0.3 is 5.32 Å². The Kier molecular flexibility index (Phi) is 4.16. The van der Waals surface area contributed by atoms with E-state index in [1.54, 1.807) is 12.1 Å². The maximum atomic E-state index is 14.1. The van der Waals surface area contributed by atoms with Crippen LogP contribution < -0.4 is 5.32 Å². The molecule has 1 aliphatic heterocycles. The number of hydrogen-bond acceptors (Lipinski definition) is 2. The fraction of sp³-hybridized carbons (Fsp3) is 0.278. The van der Waals surface area contributed by atoms with Crippen molar-refractivity contribution >= 4 is 22.6 Å². The van der Waals surface area contributed by atoms with Crippen LogP contribution in [-0.4, -0.2) is 22.6 Å². The van der Waals surface area contributed by atoms with Gasteiger partial charge in [0.25, 0.3) is 0 Å². The van der Waals surface area contributed by atoms with E-state index in [0.29, 0.717) is 17.7 Å². The lowest BCUT2D eigenvalue weighted by Crippen LogP contribution is -2.08. The average molecular weight is 384 g/mol. The molecular weight excluding hydrogens is 370 g/mol. The highest BCUT2D eigenvalue weighted by Crippen LogP contribution is 2.35. The van der Waals surface area contributed by atoms with Crippen LogP contribution in [0.2, 0.25) is 5.28 Å². The van der Waals surface area contributed by atoms with E-state index in [0.717, 1.165) is 31.1 Å². The number of rotatable bonds is 2. The molecular formula is C18H14ClF4N3. The molecule has 2 aromatic carbocycles. The summed E-state index contributed by atoms with van der Waals surface area (Å²) < 4.78 is 54.5. The third-order valence-corrected chi connectivity index (χ3v) is 4.94. The molecule has 1 aromatic heterocycles. The normalized spacial score (nSPS) is 18.0. The molecule has 0 radical (unpaired) electrons. The van der Waals surface area contributed by atoms with Crippen molar-refractivity contribution in [2.75, 3.05) is 13.1 Å². The summed E-state index contributed by atoms with van der Waals surface area (Å²) in [5, 5.41) is 3.20. The van der Waals surface area contributed by atoms with Crippen LogP contribution in [0, 0.1) is 5.82 Å². The lowest BCUT2D eigenvalue weighted by atomic mass is 9.98. The van der Waals surface area contributed by atoms with Gasteiger partial charge in [-0.05, 0) is 60.3 Å². The Morgan fingerprint density at radius 3 is 2.50 bits per heavy atom. The SMILES string of the molecule is Fc1cc(C(F)(F)F)cc2c1nc(Cl)n2-c1ccc(C2CCNC2)cc1. The van der Waals surface area contributed by atoms with Crippen LogP contribution in [0.15, 0.2) is 36.4 Å². The zero-order valence-corrected chi connectivity index (χ0v) is 14.2. The molecule has 4 rings (SSSR count). The molecule has 1 fully saturated rings. The van der Waals surface area contributed by atoms with Crippen LogP contribution in [0.5, 0.6) is 0 Å². The maximum Gasteiger partial charge on any atom is 0.416 e. The first kappa shape index (κ1) is 17.3. The quantitative estimate of drug-likeness (QED) is 0.637. The van der Waals surface area contributed by atoms with Crippen molar-refractivity contribution < 1.29 is 17.6 Å². The summed E-state index contributed by atoms with van der Waals surface area (Å²) in [7, 11) is 0. The average Bonchev–Trinajstić information content (AvgIpc) is 3.22. The third-order valence-electron chi connectivity index (χ3n) is 4.68. The molecule has 3 aromatic rings. The Morgan fingerprint density at radius 2 is 1.88 bits per heavy atom. The van der Waals surface area contributed by atoms with Crippen molar-refractivity contribution in [2.24, 2.45) is 0 Å². The van der Waals surface area contributed by atoms with E-state index in [2.05, 4.69) is 10.3 Å². The molecule has 1 saturated heterocycles. The smallest absolute Gasteiger partial charge is 0.316 e. The van der Waals surface area contributed by atoms with Crippen LogP contribution in [0.4, 0.5) is 17.6 Å². The number of halogens is 5. The molecule has 3 nitrogen and oxygen atoms in total. The first-order chi connectivity index (χ1) is 12.3. The fourth-order valence-electron chi connectivity index (χ4n) is 3.35. The van der Waals surface area contributed by atoms with Gasteiger partial charge in [0.15, 0.2) is 5.82 Å². The Balaban J connectivity index is 1.82. The first-order valence-corrected chi connectivity index (χ1v) is 8.48. The summed E-state index contributed by atoms with van der Waals surface area (Å²) >= 11 is 6.10. The van der Waals surface area contributed by atoms with Crippen LogP contribution in [-0.2, 0) is 6.18 Å². The summed E-state index contributed by atoms with van der Waals surface area (Å²) in [6.45, 7) is 1.86. The molecule has 136 valence electrons. The summed E-state index contributed by atoms with van der Waals surface area (Å²) in [5.74, 6) is -0.641. The van der Waals surface area contributed by atoms with Gasteiger partial charge in [-0.25, -0.2) is 9.37 Å². The van der Waals surface area contributed by atoms with Gasteiger partial charge in [-0.15, -0.1) is 0 Å². The second-order valence-electron chi connectivity index (χ2n) is 6.32. The molecule has 1 atom stereocenters. The van der Waals surface area contributed by atoms with Crippen LogP contribution >= 0.6 is 11.6 Å². The number of hydrogen-bond donors (Lipinski definition) is 1. The van der Waals surface area contributed by atoms with E-state index >= 15 is 0 Å². The standard InChI is InChI=1S/C18H14ClF4N3/c19-17-25-16-14(20)7-12(18(21,22)23)8-15(16)26(17)13-3-1-10(2-4-13)11-5-6-24-9-11/h1-4,7-8,11,24H,5-6,9H2. The minimum atomic E-state index is -4.66. The Bertz CT molecular complexity index is 957. The number of fused-ring (bicyclic) bond motifs is 1. The van der Waals surface area contributed by atoms with Gasteiger partial charge in [0.1, 0.15) is 5.52 Å². The van der Waals surface area contributed by atoms with E-state index in [-0.39, 0.29) is 16.3 Å². The Labute approximate surface area is 151 Å². The second kappa shape index (κ2) is 6.25. The molecule has 0 aliphatic carbocycles. The lowest BCUT2D eigenvalue weighted by molar-refractivity contribution is -0.137. The number of aromatic nitrogens is 2. The van der Waals surface area contributed by atoms with Gasteiger partial charge in [0.2, 0.25) is 5.28 Å². The molecule has 1 N–H and O–H groups in total. The number of nitrogens with zero attached hydrogens (tertiary/aromatic N) is 2. The van der Waals surface area contributed by atoms with Crippen molar-refractivity contribution in [2.45, 2.75) is 18.5 Å². The summed E-state index contributed by atoms with van der Waals surface area (Å²) in [6.07, 6.45) is -3.62. The largest absolute Gasteiger partial charge is 0.416 e. The lowest BCUT2D eigenvalue weighted by Gasteiger charge is -2.12. The Morgan fingerprint density at radius 1 is 1.15 bits per heavy atom. The molecule has 2 heterocycles. The minimum absolute atomic E-state index is 0.0161. The van der Waals surface area contributed by atoms with Gasteiger partial charge in [-0.2, -0.15) is 13.2 Å². The van der Waals surface area contributed by atoms with Gasteiger partial charge >= 0.3 is 6.18 Å². The zero-order chi connectivity index (χ0) is 18.5. The molecule has 0 amide bonds. The number of nitrogens with one attached hydrogen (secondary N) is 1. The highest BCUT2D eigenvalue weighted by atomic mass is 35.5. The first-order valence-electron chi connectivity index (χ1n) is 8.10. The number of benzene rings is 2. The van der Waals surface area contributed by atoms with Gasteiger partial charge in [0, 0.05) is 12.2 Å². The third kappa shape index (κ3) is 2.95. The summed E-state index contributed by atoms with van der Waals surface area (Å²) in [6, 6.07) is 8.66. The van der Waals surface area contributed by atoms with Crippen molar-refractivity contribution in [1.29, 1.82) is 0 Å². The molecule has 1 unspecified atom stereocenters. The van der Waals surface area contributed by atoms with E-state index in [9.17, 15) is 17.6 Å². The highest BCUT2D eigenvalue weighted by molar-refractivity contribution is 6.29. The van der Waals surface area contributed by atoms with E-state index in [4.69, 9.17) is 11.6 Å². The van der Waals surface area contributed by atoms with E-state index < -0.39 is 17.6 Å². The number of alkyl halides is 3. The molecule has 0 spiro atoms. The molecule has 8 heteroatoms.